The molecule has 0 fully saturated rings. The molecular weight excluding hydrogens is 1080 g/mol. The third-order valence-corrected chi connectivity index (χ3v) is 18.4. The fraction of sp³-hybridized carbons (Fsp3) is 0.250. The number of rotatable bonds is 26. The summed E-state index contributed by atoms with van der Waals surface area (Å²) in [5, 5.41) is 0. The van der Waals surface area contributed by atoms with E-state index in [0.717, 1.165) is 85.5 Å². The van der Waals surface area contributed by atoms with Crippen LogP contribution >= 0.6 is 0 Å². The molecule has 2 heteroatoms. The number of benzene rings is 11. The van der Waals surface area contributed by atoms with Crippen LogP contribution in [0.2, 0.25) is 0 Å². The Morgan fingerprint density at radius 2 is 0.489 bits per heavy atom. The van der Waals surface area contributed by atoms with Gasteiger partial charge < -0.3 is 9.80 Å². The van der Waals surface area contributed by atoms with E-state index in [2.05, 4.69) is 308 Å². The van der Waals surface area contributed by atoms with E-state index in [0.29, 0.717) is 0 Å². The van der Waals surface area contributed by atoms with E-state index in [1.807, 2.05) is 0 Å². The van der Waals surface area contributed by atoms with Crippen molar-refractivity contribution >= 4 is 34.1 Å². The van der Waals surface area contributed by atoms with Gasteiger partial charge in [0.1, 0.15) is 0 Å². The Kier molecular flexibility index (Phi) is 20.9. The third-order valence-electron chi connectivity index (χ3n) is 18.4. The van der Waals surface area contributed by atoms with Crippen molar-refractivity contribution in [2.75, 3.05) is 9.80 Å². The quantitative estimate of drug-likeness (QED) is 0.0499. The SMILES string of the molecule is CCCCCCc1cc(-c2cc(N(c3ccc(-c4ccc(C)cc4)cc3)c3ccc(-c4ccc(CCC)cc4)cc3)ccc2C)c(CCCCCC)cc1-c1cc(N(c2ccc(-c3ccc(C)cc3)cc2)c2ccc(-c3ccc(CCC)cc3)cc2)ccc1C. The molecule has 90 heavy (non-hydrogen) atoms. The van der Waals surface area contributed by atoms with Crippen molar-refractivity contribution in [2.45, 2.75) is 145 Å². The first kappa shape index (κ1) is 62.6. The number of hydrogen-bond acceptors (Lipinski definition) is 2. The Morgan fingerprint density at radius 3 is 0.767 bits per heavy atom. The lowest BCUT2D eigenvalue weighted by Crippen LogP contribution is -2.11. The molecule has 0 N–H and O–H groups in total. The van der Waals surface area contributed by atoms with Crippen LogP contribution in [-0.2, 0) is 25.7 Å². The van der Waals surface area contributed by atoms with Crippen molar-refractivity contribution in [3.63, 3.8) is 0 Å². The highest BCUT2D eigenvalue weighted by Gasteiger charge is 2.22. The van der Waals surface area contributed by atoms with Gasteiger partial charge in [-0.15, -0.1) is 0 Å². The van der Waals surface area contributed by atoms with Crippen LogP contribution in [0.4, 0.5) is 34.1 Å². The van der Waals surface area contributed by atoms with Crippen LogP contribution in [-0.4, -0.2) is 0 Å². The van der Waals surface area contributed by atoms with Crippen LogP contribution in [0.3, 0.4) is 0 Å². The van der Waals surface area contributed by atoms with E-state index in [4.69, 9.17) is 0 Å². The molecule has 11 aromatic rings. The average Bonchev–Trinajstić information content (AvgIpc) is 0.908. The summed E-state index contributed by atoms with van der Waals surface area (Å²) in [5.74, 6) is 0. The summed E-state index contributed by atoms with van der Waals surface area (Å²) in [7, 11) is 0. The molecule has 0 radical (unpaired) electrons. The van der Waals surface area contributed by atoms with Gasteiger partial charge in [-0.25, -0.2) is 0 Å². The molecule has 0 aliphatic rings. The maximum Gasteiger partial charge on any atom is 0.0467 e. The summed E-state index contributed by atoms with van der Waals surface area (Å²) in [4.78, 5) is 4.93. The first-order valence-electron chi connectivity index (χ1n) is 33.8. The van der Waals surface area contributed by atoms with E-state index in [1.165, 1.54) is 150 Å². The Bertz CT molecular complexity index is 3810. The highest BCUT2D eigenvalue weighted by molar-refractivity contribution is 5.88. The van der Waals surface area contributed by atoms with Gasteiger partial charge in [0.2, 0.25) is 0 Å². The lowest BCUT2D eigenvalue weighted by Gasteiger charge is -2.28. The third kappa shape index (κ3) is 15.0. The van der Waals surface area contributed by atoms with Crippen molar-refractivity contribution in [3.05, 3.63) is 287 Å². The predicted molar refractivity (Wildman–Crippen MR) is 391 cm³/mol. The summed E-state index contributed by atoms with van der Waals surface area (Å²) in [6.45, 7) is 18.1. The lowest BCUT2D eigenvalue weighted by atomic mass is 9.84. The van der Waals surface area contributed by atoms with Crippen molar-refractivity contribution in [1.29, 1.82) is 0 Å². The maximum absolute atomic E-state index is 2.63. The minimum absolute atomic E-state index is 1.01. The molecule has 0 aliphatic heterocycles. The van der Waals surface area contributed by atoms with Crippen molar-refractivity contribution < 1.29 is 0 Å². The molecule has 0 bridgehead atoms. The molecule has 0 aliphatic carbocycles. The summed E-state index contributed by atoms with van der Waals surface area (Å²) in [6.07, 6.45) is 16.1. The van der Waals surface area contributed by atoms with Crippen LogP contribution in [0.1, 0.15) is 136 Å². The Labute approximate surface area is 540 Å². The van der Waals surface area contributed by atoms with Crippen LogP contribution in [0.25, 0.3) is 66.8 Å². The van der Waals surface area contributed by atoms with Gasteiger partial charge in [0.25, 0.3) is 0 Å². The zero-order valence-electron chi connectivity index (χ0n) is 54.9. The molecule has 0 heterocycles. The molecule has 0 spiro atoms. The molecule has 0 saturated heterocycles. The normalized spacial score (nSPS) is 11.3. The maximum atomic E-state index is 2.63. The molecule has 11 aromatic carbocycles. The molecule has 0 unspecified atom stereocenters. The van der Waals surface area contributed by atoms with Crippen LogP contribution in [0, 0.1) is 27.7 Å². The number of hydrogen-bond donors (Lipinski definition) is 0. The second-order valence-electron chi connectivity index (χ2n) is 25.3. The van der Waals surface area contributed by atoms with E-state index < -0.39 is 0 Å². The Morgan fingerprint density at radius 1 is 0.222 bits per heavy atom. The van der Waals surface area contributed by atoms with Crippen molar-refractivity contribution in [2.24, 2.45) is 0 Å². The Hall–Kier alpha value is -8.98. The number of nitrogens with zero attached hydrogens (tertiary/aromatic N) is 2. The van der Waals surface area contributed by atoms with E-state index >= 15 is 0 Å². The van der Waals surface area contributed by atoms with Gasteiger partial charge >= 0.3 is 0 Å². The fourth-order valence-electron chi connectivity index (χ4n) is 13.1. The second kappa shape index (κ2) is 30.0. The van der Waals surface area contributed by atoms with Crippen LogP contribution < -0.4 is 9.80 Å². The highest BCUT2D eigenvalue weighted by atomic mass is 15.1. The van der Waals surface area contributed by atoms with Crippen LogP contribution in [0.15, 0.2) is 243 Å². The molecule has 0 amide bonds. The van der Waals surface area contributed by atoms with Gasteiger partial charge in [-0.3, -0.25) is 0 Å². The highest BCUT2D eigenvalue weighted by Crippen LogP contribution is 2.45. The van der Waals surface area contributed by atoms with E-state index in [9.17, 15) is 0 Å². The first-order valence-corrected chi connectivity index (χ1v) is 33.8. The molecule has 2 nitrogen and oxygen atoms in total. The fourth-order valence-corrected chi connectivity index (χ4v) is 13.1. The zero-order valence-corrected chi connectivity index (χ0v) is 54.9. The van der Waals surface area contributed by atoms with Crippen LogP contribution in [0.5, 0.6) is 0 Å². The smallest absolute Gasteiger partial charge is 0.0467 e. The predicted octanol–water partition coefficient (Wildman–Crippen LogP) is 26.0. The number of unbranched alkanes of at least 4 members (excludes halogenated alkanes) is 6. The zero-order chi connectivity index (χ0) is 62.3. The number of anilines is 6. The molecule has 454 valence electrons. The molecule has 0 atom stereocenters. The van der Waals surface area contributed by atoms with Gasteiger partial charge in [0, 0.05) is 34.1 Å². The summed E-state index contributed by atoms with van der Waals surface area (Å²) in [5.41, 5.74) is 32.7. The Balaban J connectivity index is 1.03. The van der Waals surface area contributed by atoms with E-state index in [1.54, 1.807) is 0 Å². The van der Waals surface area contributed by atoms with E-state index in [-0.39, 0.29) is 0 Å². The van der Waals surface area contributed by atoms with Gasteiger partial charge in [-0.05, 0) is 239 Å². The van der Waals surface area contributed by atoms with Gasteiger partial charge in [-0.1, -0.05) is 260 Å². The average molecular weight is 1180 g/mol. The van der Waals surface area contributed by atoms with Crippen molar-refractivity contribution in [1.82, 2.24) is 0 Å². The molecule has 0 saturated carbocycles. The van der Waals surface area contributed by atoms with Gasteiger partial charge in [0.05, 0.1) is 0 Å². The topological polar surface area (TPSA) is 6.48 Å². The summed E-state index contributed by atoms with van der Waals surface area (Å²) >= 11 is 0. The monoisotopic (exact) mass is 1180 g/mol. The first-order chi connectivity index (χ1) is 44.1. The second-order valence-corrected chi connectivity index (χ2v) is 25.3. The molecule has 0 aromatic heterocycles. The lowest BCUT2D eigenvalue weighted by molar-refractivity contribution is 0.664. The van der Waals surface area contributed by atoms with Gasteiger partial charge in [-0.2, -0.15) is 0 Å². The number of aryl methyl sites for hydroxylation is 8. The minimum atomic E-state index is 1.01. The molecule has 11 rings (SSSR count). The minimum Gasteiger partial charge on any atom is -0.310 e. The summed E-state index contributed by atoms with van der Waals surface area (Å²) in [6, 6.07) is 92.5. The largest absolute Gasteiger partial charge is 0.310 e. The van der Waals surface area contributed by atoms with Gasteiger partial charge in [0.15, 0.2) is 0 Å². The molecular formula is C88H92N2. The standard InChI is InChI=1S/C88H92N2/c1-9-13-15-17-21-77-59-88(86-62-84(50-28-66(86)8)90(80-53-43-74(44-54-80)70-35-25-64(6)26-36-70)82-57-47-76(48-58-82)72-39-31-68(20-12-4)32-40-72)78(22-18-16-14-10-2)60-87(77)85-61-83(49-27-65(85)7)89(79-51-41-73(42-52-79)69-33-23-63(5)24-34-69)81-55-45-75(46-56-81)71-37-29-67(19-11-3)30-38-71/h23-62H,9-22H2,1-8H3. The van der Waals surface area contributed by atoms with Crippen molar-refractivity contribution in [3.8, 4) is 66.8 Å². The summed E-state index contributed by atoms with van der Waals surface area (Å²) < 4.78 is 0.